The second-order valence-corrected chi connectivity index (χ2v) is 10.1. The van der Waals surface area contributed by atoms with Crippen molar-refractivity contribution in [2.45, 2.75) is 24.7 Å². The monoisotopic (exact) mass is 479 g/mol. The van der Waals surface area contributed by atoms with Gasteiger partial charge in [0.2, 0.25) is 16.8 Å². The normalized spacial score (nSPS) is 18.4. The van der Waals surface area contributed by atoms with E-state index >= 15 is 0 Å². The summed E-state index contributed by atoms with van der Waals surface area (Å²) in [6.07, 6.45) is 1.73. The molecule has 2 aromatic rings. The average molecular weight is 480 g/mol. The van der Waals surface area contributed by atoms with Crippen LogP contribution in [0.4, 0.5) is 0 Å². The quantitative estimate of drug-likeness (QED) is 0.461. The third kappa shape index (κ3) is 4.60. The molecule has 2 aliphatic heterocycles. The highest BCUT2D eigenvalue weighted by Crippen LogP contribution is 2.33. The number of halogens is 1. The van der Waals surface area contributed by atoms with Crippen molar-refractivity contribution in [3.8, 4) is 11.5 Å². The summed E-state index contributed by atoms with van der Waals surface area (Å²) < 4.78 is 43.1. The molecule has 0 N–H and O–H groups in total. The van der Waals surface area contributed by atoms with E-state index in [2.05, 4.69) is 0 Å². The molecule has 2 aromatic carbocycles. The van der Waals surface area contributed by atoms with Crippen LogP contribution in [-0.4, -0.2) is 51.0 Å². The Hall–Kier alpha value is -2.62. The lowest BCUT2D eigenvalue weighted by Gasteiger charge is -2.30. The van der Waals surface area contributed by atoms with Gasteiger partial charge in [0.15, 0.2) is 23.9 Å². The SMILES string of the molecule is CC1CCCN(S(=O)(=O)c2cc(C(=O)OCC(=O)c3ccc4c(c3)OCO4)ccc2Cl)C1. The van der Waals surface area contributed by atoms with E-state index in [1.54, 1.807) is 12.1 Å². The van der Waals surface area contributed by atoms with Crippen molar-refractivity contribution in [2.24, 2.45) is 5.92 Å². The first-order chi connectivity index (χ1) is 15.3. The molecule has 0 amide bonds. The van der Waals surface area contributed by atoms with Gasteiger partial charge in [0.05, 0.1) is 10.6 Å². The van der Waals surface area contributed by atoms with Gasteiger partial charge in [-0.15, -0.1) is 0 Å². The van der Waals surface area contributed by atoms with E-state index in [9.17, 15) is 18.0 Å². The van der Waals surface area contributed by atoms with E-state index in [-0.39, 0.29) is 28.2 Å². The van der Waals surface area contributed by atoms with Crippen molar-refractivity contribution in [3.05, 3.63) is 52.5 Å². The Balaban J connectivity index is 1.47. The predicted octanol–water partition coefficient (Wildman–Crippen LogP) is 3.53. The standard InChI is InChI=1S/C22H22ClNO7S/c1-14-3-2-8-24(11-14)32(27,28)21-10-16(4-6-17(21)23)22(26)29-12-18(25)15-5-7-19-20(9-15)31-13-30-19/h4-7,9-10,14H,2-3,8,11-13H2,1H3. The molecule has 0 saturated carbocycles. The van der Waals surface area contributed by atoms with Crippen molar-refractivity contribution in [1.29, 1.82) is 0 Å². The van der Waals surface area contributed by atoms with Gasteiger partial charge in [0.1, 0.15) is 4.90 Å². The molecule has 10 heteroatoms. The van der Waals surface area contributed by atoms with Crippen LogP contribution in [-0.2, 0) is 14.8 Å². The third-order valence-electron chi connectivity index (χ3n) is 5.43. The predicted molar refractivity (Wildman–Crippen MR) is 116 cm³/mol. The largest absolute Gasteiger partial charge is 0.454 e. The Morgan fingerprint density at radius 1 is 1.12 bits per heavy atom. The lowest BCUT2D eigenvalue weighted by atomic mass is 10.0. The van der Waals surface area contributed by atoms with Crippen LogP contribution in [0.5, 0.6) is 11.5 Å². The van der Waals surface area contributed by atoms with Crippen LogP contribution in [0.1, 0.15) is 40.5 Å². The van der Waals surface area contributed by atoms with Gasteiger partial charge in [-0.1, -0.05) is 18.5 Å². The molecule has 0 spiro atoms. The molecule has 1 saturated heterocycles. The van der Waals surface area contributed by atoms with E-state index in [0.29, 0.717) is 30.2 Å². The van der Waals surface area contributed by atoms with Crippen molar-refractivity contribution in [1.82, 2.24) is 4.31 Å². The molecule has 1 atom stereocenters. The Labute approximate surface area is 191 Å². The summed E-state index contributed by atoms with van der Waals surface area (Å²) in [7, 11) is -3.86. The second-order valence-electron chi connectivity index (χ2n) is 7.82. The molecule has 2 aliphatic rings. The van der Waals surface area contributed by atoms with Gasteiger partial charge in [0.25, 0.3) is 0 Å². The molecule has 0 radical (unpaired) electrons. The fourth-order valence-electron chi connectivity index (χ4n) is 3.70. The third-order valence-corrected chi connectivity index (χ3v) is 7.78. The number of benzene rings is 2. The van der Waals surface area contributed by atoms with Gasteiger partial charge in [-0.3, -0.25) is 4.79 Å². The molecular formula is C22H22ClNO7S. The van der Waals surface area contributed by atoms with E-state index in [1.165, 1.54) is 28.6 Å². The number of ether oxygens (including phenoxy) is 3. The van der Waals surface area contributed by atoms with Crippen molar-refractivity contribution in [2.75, 3.05) is 26.5 Å². The highest BCUT2D eigenvalue weighted by molar-refractivity contribution is 7.89. The fourth-order valence-corrected chi connectivity index (χ4v) is 5.80. The Morgan fingerprint density at radius 2 is 1.88 bits per heavy atom. The van der Waals surface area contributed by atoms with Gasteiger partial charge in [-0.2, -0.15) is 4.31 Å². The Morgan fingerprint density at radius 3 is 2.66 bits per heavy atom. The first-order valence-corrected chi connectivity index (χ1v) is 12.0. The van der Waals surface area contributed by atoms with Crippen LogP contribution in [0.15, 0.2) is 41.3 Å². The van der Waals surface area contributed by atoms with Gasteiger partial charge in [0, 0.05) is 18.7 Å². The lowest BCUT2D eigenvalue weighted by Crippen LogP contribution is -2.39. The van der Waals surface area contributed by atoms with Gasteiger partial charge >= 0.3 is 5.97 Å². The Kier molecular flexibility index (Phi) is 6.41. The van der Waals surface area contributed by atoms with E-state index in [4.69, 9.17) is 25.8 Å². The highest BCUT2D eigenvalue weighted by Gasteiger charge is 2.31. The molecule has 170 valence electrons. The van der Waals surface area contributed by atoms with Gasteiger partial charge in [-0.05, 0) is 55.2 Å². The number of nitrogens with zero attached hydrogens (tertiary/aromatic N) is 1. The minimum Gasteiger partial charge on any atom is -0.454 e. The molecule has 8 nitrogen and oxygen atoms in total. The Bertz CT molecular complexity index is 1160. The minimum absolute atomic E-state index is 0.00322. The van der Waals surface area contributed by atoms with Crippen LogP contribution < -0.4 is 9.47 Å². The van der Waals surface area contributed by atoms with Crippen molar-refractivity contribution >= 4 is 33.4 Å². The number of sulfonamides is 1. The van der Waals surface area contributed by atoms with E-state index in [0.717, 1.165) is 12.8 Å². The van der Waals surface area contributed by atoms with Crippen LogP contribution in [0, 0.1) is 5.92 Å². The number of carbonyl (C=O) groups is 2. The summed E-state index contributed by atoms with van der Waals surface area (Å²) in [6, 6.07) is 8.59. The molecule has 4 rings (SSSR count). The maximum atomic E-state index is 13.1. The molecular weight excluding hydrogens is 458 g/mol. The van der Waals surface area contributed by atoms with Gasteiger partial charge < -0.3 is 14.2 Å². The number of hydrogen-bond donors (Lipinski definition) is 0. The van der Waals surface area contributed by atoms with E-state index < -0.39 is 28.4 Å². The second kappa shape index (κ2) is 9.09. The summed E-state index contributed by atoms with van der Waals surface area (Å²) in [5.41, 5.74) is 0.303. The first kappa shape index (κ1) is 22.6. The maximum absolute atomic E-state index is 13.1. The molecule has 0 aliphatic carbocycles. The molecule has 0 bridgehead atoms. The number of carbonyl (C=O) groups excluding carboxylic acids is 2. The van der Waals surface area contributed by atoms with Crippen LogP contribution in [0.25, 0.3) is 0 Å². The number of ketones is 1. The summed E-state index contributed by atoms with van der Waals surface area (Å²) in [6.45, 7) is 2.38. The summed E-state index contributed by atoms with van der Waals surface area (Å²) in [5, 5.41) is 0.0243. The highest BCUT2D eigenvalue weighted by atomic mass is 35.5. The smallest absolute Gasteiger partial charge is 0.338 e. The number of piperidine rings is 1. The van der Waals surface area contributed by atoms with Crippen molar-refractivity contribution < 1.29 is 32.2 Å². The molecule has 32 heavy (non-hydrogen) atoms. The minimum atomic E-state index is -3.86. The fraction of sp³-hybridized carbons (Fsp3) is 0.364. The zero-order chi connectivity index (χ0) is 22.9. The maximum Gasteiger partial charge on any atom is 0.338 e. The number of rotatable bonds is 6. The zero-order valence-corrected chi connectivity index (χ0v) is 18.9. The van der Waals surface area contributed by atoms with Crippen LogP contribution >= 0.6 is 11.6 Å². The zero-order valence-electron chi connectivity index (χ0n) is 17.4. The number of Topliss-reactive ketones (excluding diaryl/α,β-unsaturated/α-hetero) is 1. The molecule has 2 heterocycles. The van der Waals surface area contributed by atoms with E-state index in [1.807, 2.05) is 6.92 Å². The summed E-state index contributed by atoms with van der Waals surface area (Å²) in [5.74, 6) is -0.0223. The molecule has 1 unspecified atom stereocenters. The molecule has 0 aromatic heterocycles. The van der Waals surface area contributed by atoms with Crippen LogP contribution in [0.3, 0.4) is 0 Å². The lowest BCUT2D eigenvalue weighted by molar-refractivity contribution is 0.0474. The average Bonchev–Trinajstić information content (AvgIpc) is 3.25. The van der Waals surface area contributed by atoms with Gasteiger partial charge in [-0.25, -0.2) is 13.2 Å². The first-order valence-electron chi connectivity index (χ1n) is 10.2. The number of hydrogen-bond acceptors (Lipinski definition) is 7. The molecule has 1 fully saturated rings. The summed E-state index contributed by atoms with van der Waals surface area (Å²) in [4.78, 5) is 24.8. The summed E-state index contributed by atoms with van der Waals surface area (Å²) >= 11 is 6.16. The van der Waals surface area contributed by atoms with Crippen LogP contribution in [0.2, 0.25) is 5.02 Å². The van der Waals surface area contributed by atoms with Crippen molar-refractivity contribution in [3.63, 3.8) is 0 Å². The number of fused-ring (bicyclic) bond motifs is 1. The topological polar surface area (TPSA) is 99.2 Å². The number of esters is 1.